The lowest BCUT2D eigenvalue weighted by molar-refractivity contribution is -0.153. The van der Waals surface area contributed by atoms with Crippen LogP contribution in [0.3, 0.4) is 0 Å². The molecule has 0 bridgehead atoms. The number of carbonyl (C=O) groups is 4. The van der Waals surface area contributed by atoms with Crippen molar-refractivity contribution in [3.05, 3.63) is 107 Å². The van der Waals surface area contributed by atoms with Crippen molar-refractivity contribution in [2.24, 2.45) is 5.92 Å². The third-order valence-electron chi connectivity index (χ3n) is 13.4. The number of H-pyrrole nitrogens is 2. The largest absolute Gasteiger partial charge is 0.453 e. The predicted molar refractivity (Wildman–Crippen MR) is 240 cm³/mol. The van der Waals surface area contributed by atoms with E-state index in [2.05, 4.69) is 63.1 Å². The number of hydrogen-bond acceptors (Lipinski definition) is 10. The van der Waals surface area contributed by atoms with E-state index in [0.717, 1.165) is 75.6 Å². The molecule has 1 aliphatic carbocycles. The van der Waals surface area contributed by atoms with Crippen molar-refractivity contribution in [1.82, 2.24) is 40.4 Å². The number of aromatic amines is 2. The summed E-state index contributed by atoms with van der Waals surface area (Å²) in [4.78, 5) is 73.7. The number of imidazole rings is 2. The van der Waals surface area contributed by atoms with E-state index in [1.54, 1.807) is 4.90 Å². The number of nitrogens with zero attached hydrogens (tertiary/aromatic N) is 4. The van der Waals surface area contributed by atoms with Gasteiger partial charge in [0.25, 0.3) is 5.91 Å². The number of rotatable bonds is 9. The maximum absolute atomic E-state index is 14.2. The third-order valence-corrected chi connectivity index (χ3v) is 13.4. The van der Waals surface area contributed by atoms with Gasteiger partial charge in [-0.05, 0) is 71.4 Å². The fourth-order valence-corrected chi connectivity index (χ4v) is 10.1. The van der Waals surface area contributed by atoms with Gasteiger partial charge in [-0.3, -0.25) is 9.59 Å². The van der Waals surface area contributed by atoms with Gasteiger partial charge < -0.3 is 49.3 Å². The van der Waals surface area contributed by atoms with Gasteiger partial charge >= 0.3 is 12.2 Å². The van der Waals surface area contributed by atoms with Gasteiger partial charge in [0.1, 0.15) is 23.7 Å². The van der Waals surface area contributed by atoms with Crippen LogP contribution in [-0.4, -0.2) is 106 Å². The highest BCUT2D eigenvalue weighted by atomic mass is 16.7. The van der Waals surface area contributed by atoms with E-state index in [9.17, 15) is 19.2 Å². The minimum Gasteiger partial charge on any atom is -0.453 e. The molecule has 6 aromatic rings. The molecule has 336 valence electrons. The van der Waals surface area contributed by atoms with E-state index in [1.807, 2.05) is 55.1 Å². The van der Waals surface area contributed by atoms with Crippen LogP contribution in [0.25, 0.3) is 44.2 Å². The molecule has 4 amide bonds. The molecular weight excluding hydrogens is 829 g/mol. The van der Waals surface area contributed by atoms with Crippen LogP contribution in [0.4, 0.5) is 9.59 Å². The Morgan fingerprint density at radius 1 is 0.800 bits per heavy atom. The van der Waals surface area contributed by atoms with Crippen LogP contribution in [0.5, 0.6) is 0 Å². The quantitative estimate of drug-likeness (QED) is 0.117. The molecule has 4 aromatic carbocycles. The number of carbonyl (C=O) groups excluding carboxylic acids is 4. The first kappa shape index (κ1) is 42.2. The molecule has 2 aromatic heterocycles. The third kappa shape index (κ3) is 7.73. The molecule has 3 saturated heterocycles. The Hall–Kier alpha value is -6.78. The number of benzene rings is 4. The lowest BCUT2D eigenvalue weighted by atomic mass is 9.89. The Morgan fingerprint density at radius 2 is 1.54 bits per heavy atom. The second-order valence-electron chi connectivity index (χ2n) is 17.7. The van der Waals surface area contributed by atoms with Crippen LogP contribution < -0.4 is 10.6 Å². The molecule has 4 N–H and O–H groups in total. The van der Waals surface area contributed by atoms with Crippen molar-refractivity contribution in [3.8, 4) is 22.4 Å². The molecule has 1 spiro atoms. The van der Waals surface area contributed by atoms with Crippen molar-refractivity contribution < 1.29 is 38.1 Å². The van der Waals surface area contributed by atoms with Crippen molar-refractivity contribution in [1.29, 1.82) is 0 Å². The van der Waals surface area contributed by atoms with Gasteiger partial charge in [0, 0.05) is 23.9 Å². The first-order valence-electron chi connectivity index (χ1n) is 22.3. The molecule has 0 saturated carbocycles. The van der Waals surface area contributed by atoms with E-state index >= 15 is 0 Å². The molecular formula is C49H52N8O8. The molecule has 3 fully saturated rings. The van der Waals surface area contributed by atoms with E-state index in [-0.39, 0.29) is 30.3 Å². The fourth-order valence-electron chi connectivity index (χ4n) is 10.1. The second-order valence-corrected chi connectivity index (χ2v) is 17.7. The molecule has 3 aliphatic heterocycles. The summed E-state index contributed by atoms with van der Waals surface area (Å²) in [5.74, 6) is -0.207. The normalized spacial score (nSPS) is 19.6. The number of aryl methyl sites for hydroxylation is 2. The van der Waals surface area contributed by atoms with Gasteiger partial charge in [-0.15, -0.1) is 0 Å². The molecule has 10 rings (SSSR count). The van der Waals surface area contributed by atoms with Crippen molar-refractivity contribution in [2.75, 3.05) is 40.5 Å². The van der Waals surface area contributed by atoms with Gasteiger partial charge in [0.15, 0.2) is 5.79 Å². The number of likely N-dealkylation sites (tertiary alicyclic amines) is 2. The topological polar surface area (TPSA) is 193 Å². The Bertz CT molecular complexity index is 2810. The summed E-state index contributed by atoms with van der Waals surface area (Å²) in [6, 6.07) is 23.9. The van der Waals surface area contributed by atoms with Crippen molar-refractivity contribution >= 4 is 45.8 Å². The monoisotopic (exact) mass is 880 g/mol. The molecule has 5 heterocycles. The smallest absolute Gasteiger partial charge is 0.407 e. The fraction of sp³-hybridized carbons (Fsp3) is 0.388. The molecule has 16 nitrogen and oxygen atoms in total. The van der Waals surface area contributed by atoms with Crippen LogP contribution in [0.15, 0.2) is 78.9 Å². The van der Waals surface area contributed by atoms with Crippen LogP contribution in [-0.2, 0) is 41.4 Å². The van der Waals surface area contributed by atoms with Crippen molar-refractivity contribution in [2.45, 2.75) is 75.9 Å². The zero-order valence-corrected chi connectivity index (χ0v) is 36.8. The number of aromatic nitrogens is 4. The summed E-state index contributed by atoms with van der Waals surface area (Å²) in [5, 5.41) is 7.55. The number of nitrogens with one attached hydrogen (secondary N) is 4. The van der Waals surface area contributed by atoms with Gasteiger partial charge in [-0.25, -0.2) is 19.6 Å². The van der Waals surface area contributed by atoms with E-state index < -0.39 is 36.1 Å². The molecule has 65 heavy (non-hydrogen) atoms. The molecule has 4 aliphatic rings. The highest BCUT2D eigenvalue weighted by Crippen LogP contribution is 2.45. The number of fused-ring (bicyclic) bond motifs is 6. The maximum atomic E-state index is 14.2. The van der Waals surface area contributed by atoms with Gasteiger partial charge in [-0.2, -0.15) is 0 Å². The van der Waals surface area contributed by atoms with Crippen LogP contribution in [0, 0.1) is 5.92 Å². The maximum Gasteiger partial charge on any atom is 0.407 e. The zero-order chi connectivity index (χ0) is 45.0. The van der Waals surface area contributed by atoms with E-state index in [0.29, 0.717) is 43.4 Å². The lowest BCUT2D eigenvalue weighted by Crippen LogP contribution is -2.52. The number of ether oxygens (including phenoxy) is 4. The molecule has 4 atom stereocenters. The van der Waals surface area contributed by atoms with Crippen molar-refractivity contribution in [3.63, 3.8) is 0 Å². The Labute approximate surface area is 375 Å². The Morgan fingerprint density at radius 3 is 2.31 bits per heavy atom. The van der Waals surface area contributed by atoms with Crippen LogP contribution in [0.2, 0.25) is 0 Å². The minimum atomic E-state index is -0.936. The molecule has 0 radical (unpaired) electrons. The summed E-state index contributed by atoms with van der Waals surface area (Å²) in [7, 11) is 2.57. The summed E-state index contributed by atoms with van der Waals surface area (Å²) in [5.41, 5.74) is 8.73. The Kier molecular flexibility index (Phi) is 11.0. The summed E-state index contributed by atoms with van der Waals surface area (Å²) in [6.45, 7) is 5.42. The lowest BCUT2D eigenvalue weighted by Gasteiger charge is -2.30. The van der Waals surface area contributed by atoms with E-state index in [1.165, 1.54) is 19.8 Å². The zero-order valence-electron chi connectivity index (χ0n) is 36.8. The van der Waals surface area contributed by atoms with Gasteiger partial charge in [0.05, 0.1) is 68.5 Å². The SMILES string of the molecule is COC(=O)N[C@H](C(=O)N1CC2(C[C@H]1c1nc3c([nH]1)-c1ccc(-c4ccc5c(ccc6nc([C@@H]7CCCN7C(=O)[C@H](NC(=O)OC)c7ccccc7)[nH]c65)c4)cc1CC3)OCCO2)C(C)C. The number of methoxy groups -OCH3 is 2. The number of alkyl carbamates (subject to hydrolysis) is 2. The number of amides is 4. The number of hydrogen-bond donors (Lipinski definition) is 4. The second kappa shape index (κ2) is 17.0. The predicted octanol–water partition coefficient (Wildman–Crippen LogP) is 7.03. The van der Waals surface area contributed by atoms with Gasteiger partial charge in [-0.1, -0.05) is 80.6 Å². The van der Waals surface area contributed by atoms with Crippen LogP contribution >= 0.6 is 0 Å². The summed E-state index contributed by atoms with van der Waals surface area (Å²) >= 11 is 0. The first-order valence-corrected chi connectivity index (χ1v) is 22.3. The molecule has 0 unspecified atom stereocenters. The Balaban J connectivity index is 0.904. The highest BCUT2D eigenvalue weighted by Gasteiger charge is 2.53. The minimum absolute atomic E-state index is 0.192. The molecule has 16 heteroatoms. The standard InChI is InChI=1S/C49H52N8O8/c1-27(2)39(54-47(60)62-3)45(58)57-26-49(64-21-22-65-49)25-38(57)44-51-36-19-15-32-24-30(13-17-34(32)42(36)53-44)29-12-16-33-31(23-29)14-18-35-41(33)52-43(50-35)37-11-8-20-56(37)46(59)40(55-48(61)63-4)28-9-6-5-7-10-28/h5-7,9-10,12-14,16-18,23-24,27,37-40H,8,11,15,19-22,25-26H2,1-4H3,(H,50,52)(H,51,53)(H,54,60)(H,55,61)/t37-,38-,39-,40+/m0/s1. The van der Waals surface area contributed by atoms with Crippen LogP contribution in [0.1, 0.15) is 79.7 Å². The van der Waals surface area contributed by atoms with E-state index in [4.69, 9.17) is 28.9 Å². The highest BCUT2D eigenvalue weighted by molar-refractivity contribution is 6.05. The van der Waals surface area contributed by atoms with Gasteiger partial charge in [0.2, 0.25) is 5.91 Å². The first-order chi connectivity index (χ1) is 31.5. The summed E-state index contributed by atoms with van der Waals surface area (Å²) in [6.07, 6.45) is 2.16. The summed E-state index contributed by atoms with van der Waals surface area (Å²) < 4.78 is 21.9. The average molecular weight is 881 g/mol. The average Bonchev–Trinajstić information content (AvgIpc) is 4.19.